The van der Waals surface area contributed by atoms with E-state index in [1.807, 2.05) is 27.5 Å². The third kappa shape index (κ3) is 3.90. The summed E-state index contributed by atoms with van der Waals surface area (Å²) < 4.78 is 17.7. The van der Waals surface area contributed by atoms with Gasteiger partial charge in [-0.05, 0) is 26.0 Å². The lowest BCUT2D eigenvalue weighted by Gasteiger charge is -2.35. The van der Waals surface area contributed by atoms with Gasteiger partial charge >= 0.3 is 0 Å². The van der Waals surface area contributed by atoms with Gasteiger partial charge in [-0.1, -0.05) is 12.1 Å². The number of fused-ring (bicyclic) bond motifs is 1. The summed E-state index contributed by atoms with van der Waals surface area (Å²) in [4.78, 5) is 14.0. The van der Waals surface area contributed by atoms with Gasteiger partial charge in [-0.3, -0.25) is 14.0 Å². The van der Waals surface area contributed by atoms with Gasteiger partial charge < -0.3 is 4.90 Å². The Bertz CT molecular complexity index is 1190. The fourth-order valence-electron chi connectivity index (χ4n) is 4.11. The summed E-state index contributed by atoms with van der Waals surface area (Å²) in [6.45, 7) is 8.85. The zero-order valence-electron chi connectivity index (χ0n) is 17.8. The van der Waals surface area contributed by atoms with Gasteiger partial charge in [0, 0.05) is 68.5 Å². The number of aromatic nitrogens is 5. The highest BCUT2D eigenvalue weighted by Gasteiger charge is 2.22. The first-order valence-electron chi connectivity index (χ1n) is 10.7. The molecule has 0 atom stereocenters. The highest BCUT2D eigenvalue weighted by molar-refractivity contribution is 5.71. The van der Waals surface area contributed by atoms with Crippen LogP contribution in [0.4, 0.5) is 10.2 Å². The normalized spacial score (nSPS) is 15.3. The van der Waals surface area contributed by atoms with Crippen molar-refractivity contribution in [3.8, 4) is 11.3 Å². The molecule has 1 saturated heterocycles. The Kier molecular flexibility index (Phi) is 5.15. The number of hydrogen-bond donors (Lipinski definition) is 0. The molecule has 160 valence electrons. The van der Waals surface area contributed by atoms with Crippen molar-refractivity contribution < 1.29 is 4.39 Å². The molecule has 4 heterocycles. The van der Waals surface area contributed by atoms with Crippen LogP contribution in [0.15, 0.2) is 55.2 Å². The Hall–Kier alpha value is -3.26. The lowest BCUT2D eigenvalue weighted by Crippen LogP contribution is -2.46. The fraction of sp³-hybridized carbons (Fsp3) is 0.348. The van der Waals surface area contributed by atoms with Crippen molar-refractivity contribution in [3.05, 3.63) is 66.6 Å². The number of halogens is 1. The van der Waals surface area contributed by atoms with Gasteiger partial charge in [0.05, 0.1) is 18.1 Å². The molecule has 5 rings (SSSR count). The van der Waals surface area contributed by atoms with Crippen LogP contribution >= 0.6 is 0 Å². The summed E-state index contributed by atoms with van der Waals surface area (Å²) in [7, 11) is 0. The van der Waals surface area contributed by atoms with Gasteiger partial charge in [0.1, 0.15) is 5.82 Å². The summed E-state index contributed by atoms with van der Waals surface area (Å²) in [5.41, 5.74) is 3.71. The molecule has 0 saturated carbocycles. The van der Waals surface area contributed by atoms with Crippen LogP contribution in [0.3, 0.4) is 0 Å². The minimum Gasteiger partial charge on any atom is -0.351 e. The van der Waals surface area contributed by atoms with Crippen molar-refractivity contribution in [3.63, 3.8) is 0 Å². The number of benzene rings is 1. The Morgan fingerprint density at radius 1 is 1.06 bits per heavy atom. The molecule has 1 fully saturated rings. The monoisotopic (exact) mass is 419 g/mol. The molecule has 4 aromatic rings. The van der Waals surface area contributed by atoms with Crippen molar-refractivity contribution in [2.45, 2.75) is 26.4 Å². The number of piperazine rings is 1. The van der Waals surface area contributed by atoms with Crippen LogP contribution in [0.2, 0.25) is 0 Å². The lowest BCUT2D eigenvalue weighted by molar-refractivity contribution is 0.249. The van der Waals surface area contributed by atoms with Crippen molar-refractivity contribution in [1.82, 2.24) is 29.0 Å². The first kappa shape index (κ1) is 19.7. The SMILES string of the molecule is CC(C)n1cc(CN2CCN(c3nccn4c(-c5cccc(F)c5)cnc34)CC2)cn1. The molecule has 0 spiro atoms. The second-order valence-corrected chi connectivity index (χ2v) is 8.28. The van der Waals surface area contributed by atoms with Crippen molar-refractivity contribution in [2.24, 2.45) is 0 Å². The second-order valence-electron chi connectivity index (χ2n) is 8.28. The number of hydrogen-bond acceptors (Lipinski definition) is 5. The number of imidazole rings is 1. The van der Waals surface area contributed by atoms with Gasteiger partial charge in [-0.15, -0.1) is 0 Å². The maximum Gasteiger partial charge on any atom is 0.180 e. The molecule has 0 radical (unpaired) electrons. The molecule has 1 aliphatic heterocycles. The van der Waals surface area contributed by atoms with E-state index in [0.29, 0.717) is 6.04 Å². The molecule has 3 aromatic heterocycles. The quantitative estimate of drug-likeness (QED) is 0.494. The van der Waals surface area contributed by atoms with Crippen LogP contribution in [0.25, 0.3) is 16.9 Å². The largest absolute Gasteiger partial charge is 0.351 e. The molecule has 0 N–H and O–H groups in total. The summed E-state index contributed by atoms with van der Waals surface area (Å²) in [6.07, 6.45) is 9.57. The average molecular weight is 420 g/mol. The van der Waals surface area contributed by atoms with Gasteiger partial charge in [0.25, 0.3) is 0 Å². The Morgan fingerprint density at radius 3 is 2.65 bits per heavy atom. The number of anilines is 1. The van der Waals surface area contributed by atoms with Crippen LogP contribution in [-0.2, 0) is 6.54 Å². The summed E-state index contributed by atoms with van der Waals surface area (Å²) in [5, 5.41) is 4.45. The molecular weight excluding hydrogens is 393 g/mol. The van der Waals surface area contributed by atoms with Gasteiger partial charge in [-0.2, -0.15) is 5.10 Å². The molecular formula is C23H26FN7. The standard InChI is InChI=1S/C23H26FN7/c1-17(2)31-16-18(13-27-31)15-28-8-10-29(11-9-28)22-23-26-14-21(30(23)7-6-25-22)19-4-3-5-20(24)12-19/h3-7,12-14,16-17H,8-11,15H2,1-2H3. The number of nitrogens with zero attached hydrogens (tertiary/aromatic N) is 7. The first-order chi connectivity index (χ1) is 15.1. The molecule has 0 bridgehead atoms. The minimum atomic E-state index is -0.253. The van der Waals surface area contributed by atoms with E-state index in [0.717, 1.165) is 55.4 Å². The molecule has 0 unspecified atom stereocenters. The molecule has 0 amide bonds. The van der Waals surface area contributed by atoms with Crippen molar-refractivity contribution >= 4 is 11.5 Å². The van der Waals surface area contributed by atoms with Gasteiger partial charge in [-0.25, -0.2) is 14.4 Å². The van der Waals surface area contributed by atoms with Gasteiger partial charge in [0.2, 0.25) is 0 Å². The predicted octanol–water partition coefficient (Wildman–Crippen LogP) is 3.64. The molecule has 0 aliphatic carbocycles. The zero-order chi connectivity index (χ0) is 21.4. The Balaban J connectivity index is 1.32. The van der Waals surface area contributed by atoms with E-state index in [2.05, 4.69) is 44.9 Å². The van der Waals surface area contributed by atoms with E-state index >= 15 is 0 Å². The third-order valence-electron chi connectivity index (χ3n) is 5.79. The average Bonchev–Trinajstić information content (AvgIpc) is 3.41. The highest BCUT2D eigenvalue weighted by Crippen LogP contribution is 2.26. The molecule has 7 nitrogen and oxygen atoms in total. The Labute approximate surface area is 180 Å². The van der Waals surface area contributed by atoms with E-state index < -0.39 is 0 Å². The summed E-state index contributed by atoms with van der Waals surface area (Å²) in [5.74, 6) is 0.620. The van der Waals surface area contributed by atoms with Crippen LogP contribution in [-0.4, -0.2) is 55.2 Å². The van der Waals surface area contributed by atoms with Crippen LogP contribution in [0, 0.1) is 5.82 Å². The zero-order valence-corrected chi connectivity index (χ0v) is 17.8. The summed E-state index contributed by atoms with van der Waals surface area (Å²) in [6, 6.07) is 6.98. The van der Waals surface area contributed by atoms with E-state index in [1.54, 1.807) is 18.5 Å². The van der Waals surface area contributed by atoms with Crippen LogP contribution in [0.1, 0.15) is 25.5 Å². The van der Waals surface area contributed by atoms with E-state index in [-0.39, 0.29) is 5.82 Å². The van der Waals surface area contributed by atoms with Crippen LogP contribution < -0.4 is 4.90 Å². The van der Waals surface area contributed by atoms with E-state index in [4.69, 9.17) is 0 Å². The van der Waals surface area contributed by atoms with Crippen molar-refractivity contribution in [2.75, 3.05) is 31.1 Å². The van der Waals surface area contributed by atoms with E-state index in [1.165, 1.54) is 17.7 Å². The maximum absolute atomic E-state index is 13.7. The predicted molar refractivity (Wildman–Crippen MR) is 118 cm³/mol. The lowest BCUT2D eigenvalue weighted by atomic mass is 10.1. The first-order valence-corrected chi connectivity index (χ1v) is 10.7. The van der Waals surface area contributed by atoms with Crippen LogP contribution in [0.5, 0.6) is 0 Å². The van der Waals surface area contributed by atoms with E-state index in [9.17, 15) is 4.39 Å². The Morgan fingerprint density at radius 2 is 1.90 bits per heavy atom. The minimum absolute atomic E-state index is 0.253. The number of rotatable bonds is 5. The van der Waals surface area contributed by atoms with Crippen molar-refractivity contribution in [1.29, 1.82) is 0 Å². The molecule has 8 heteroatoms. The molecule has 1 aliphatic rings. The fourth-order valence-corrected chi connectivity index (χ4v) is 4.11. The third-order valence-corrected chi connectivity index (χ3v) is 5.79. The molecule has 1 aromatic carbocycles. The topological polar surface area (TPSA) is 54.5 Å². The highest BCUT2D eigenvalue weighted by atomic mass is 19.1. The maximum atomic E-state index is 13.7. The second kappa shape index (κ2) is 8.11. The summed E-state index contributed by atoms with van der Waals surface area (Å²) >= 11 is 0. The smallest absolute Gasteiger partial charge is 0.180 e. The van der Waals surface area contributed by atoms with Gasteiger partial charge in [0.15, 0.2) is 11.5 Å². The molecule has 31 heavy (non-hydrogen) atoms.